The smallest absolute Gasteiger partial charge is 0.310 e. The Morgan fingerprint density at radius 2 is 1.92 bits per heavy atom. The van der Waals surface area contributed by atoms with Gasteiger partial charge in [-0.25, -0.2) is 0 Å². The molecule has 0 aliphatic carbocycles. The monoisotopic (exact) mass is 175 g/mol. The largest absolute Gasteiger partial charge is 0.469 e. The summed E-state index contributed by atoms with van der Waals surface area (Å²) in [6.45, 7) is 0.0851. The van der Waals surface area contributed by atoms with Gasteiger partial charge in [-0.15, -0.1) is 0 Å². The summed E-state index contributed by atoms with van der Waals surface area (Å²) in [4.78, 5) is 21.6. The lowest BCUT2D eigenvalue weighted by Gasteiger charge is -2.09. The Morgan fingerprint density at radius 1 is 1.33 bits per heavy atom. The molecule has 0 spiro atoms. The summed E-state index contributed by atoms with van der Waals surface area (Å²) < 4.78 is 8.80. The molecule has 5 nitrogen and oxygen atoms in total. The van der Waals surface area contributed by atoms with Gasteiger partial charge >= 0.3 is 11.9 Å². The molecule has 0 rings (SSSR count). The van der Waals surface area contributed by atoms with Crippen LogP contribution in [0.1, 0.15) is 6.42 Å². The molecule has 0 radical (unpaired) electrons. The van der Waals surface area contributed by atoms with Crippen LogP contribution in [0.25, 0.3) is 0 Å². The maximum Gasteiger partial charge on any atom is 0.310 e. The van der Waals surface area contributed by atoms with Gasteiger partial charge in [0.15, 0.2) is 0 Å². The molecule has 0 aliphatic heterocycles. The van der Waals surface area contributed by atoms with Crippen LogP contribution in [-0.4, -0.2) is 32.7 Å². The Morgan fingerprint density at radius 3 is 2.25 bits per heavy atom. The molecule has 1 atom stereocenters. The van der Waals surface area contributed by atoms with Crippen LogP contribution in [0.4, 0.5) is 0 Å². The lowest BCUT2D eigenvalue weighted by Crippen LogP contribution is -2.27. The molecule has 0 fully saturated rings. The summed E-state index contributed by atoms with van der Waals surface area (Å²) in [7, 11) is 2.51. The van der Waals surface area contributed by atoms with Gasteiger partial charge in [0.2, 0.25) is 0 Å². The summed E-state index contributed by atoms with van der Waals surface area (Å²) in [6.07, 6.45) is -0.0281. The van der Waals surface area contributed by atoms with E-state index in [1.54, 1.807) is 0 Å². The van der Waals surface area contributed by atoms with E-state index in [9.17, 15) is 9.59 Å². The van der Waals surface area contributed by atoms with E-state index in [-0.39, 0.29) is 13.0 Å². The quantitative estimate of drug-likeness (QED) is 0.571. The van der Waals surface area contributed by atoms with Crippen LogP contribution in [0.3, 0.4) is 0 Å². The molecule has 0 aromatic heterocycles. The second-order valence-corrected chi connectivity index (χ2v) is 2.24. The number of carbonyl (C=O) groups excluding carboxylic acids is 2. The third-order valence-electron chi connectivity index (χ3n) is 1.46. The number of methoxy groups -OCH3 is 2. The maximum absolute atomic E-state index is 10.9. The number of ether oxygens (including phenoxy) is 2. The topological polar surface area (TPSA) is 78.6 Å². The average molecular weight is 175 g/mol. The summed E-state index contributed by atoms with van der Waals surface area (Å²) in [5.74, 6) is -1.54. The zero-order chi connectivity index (χ0) is 9.56. The molecular weight excluding hydrogens is 162 g/mol. The van der Waals surface area contributed by atoms with E-state index in [0.29, 0.717) is 0 Å². The van der Waals surface area contributed by atoms with Crippen molar-refractivity contribution >= 4 is 11.9 Å². The lowest BCUT2D eigenvalue weighted by molar-refractivity contribution is -0.151. The highest BCUT2D eigenvalue weighted by molar-refractivity contribution is 5.79. The first kappa shape index (κ1) is 10.9. The van der Waals surface area contributed by atoms with Gasteiger partial charge in [0.1, 0.15) is 0 Å². The number of nitrogens with two attached hydrogens (primary N) is 1. The first-order valence-corrected chi connectivity index (χ1v) is 3.50. The Hall–Kier alpha value is -1.10. The molecule has 2 N–H and O–H groups in total. The first-order chi connectivity index (χ1) is 5.65. The van der Waals surface area contributed by atoms with Crippen molar-refractivity contribution in [2.75, 3.05) is 20.8 Å². The third-order valence-corrected chi connectivity index (χ3v) is 1.46. The lowest BCUT2D eigenvalue weighted by atomic mass is 10.1. The van der Waals surface area contributed by atoms with Gasteiger partial charge in [0.05, 0.1) is 26.6 Å². The van der Waals surface area contributed by atoms with Gasteiger partial charge < -0.3 is 15.2 Å². The molecular formula is C7H13NO4. The Balaban J connectivity index is 3.99. The van der Waals surface area contributed by atoms with Gasteiger partial charge in [-0.05, 0) is 0 Å². The van der Waals surface area contributed by atoms with E-state index in [4.69, 9.17) is 5.73 Å². The molecule has 0 aliphatic rings. The maximum atomic E-state index is 10.9. The van der Waals surface area contributed by atoms with E-state index in [0.717, 1.165) is 0 Å². The van der Waals surface area contributed by atoms with Crippen LogP contribution in [0.15, 0.2) is 0 Å². The van der Waals surface area contributed by atoms with Gasteiger partial charge in [0, 0.05) is 6.54 Å². The molecule has 5 heteroatoms. The number of rotatable bonds is 4. The Bertz CT molecular complexity index is 169. The second-order valence-electron chi connectivity index (χ2n) is 2.24. The molecule has 0 bridgehead atoms. The number of hydrogen-bond donors (Lipinski definition) is 1. The van der Waals surface area contributed by atoms with E-state index >= 15 is 0 Å². The van der Waals surface area contributed by atoms with Gasteiger partial charge in [-0.1, -0.05) is 0 Å². The van der Waals surface area contributed by atoms with Crippen molar-refractivity contribution in [3.8, 4) is 0 Å². The second kappa shape index (κ2) is 5.54. The fourth-order valence-electron chi connectivity index (χ4n) is 0.714. The van der Waals surface area contributed by atoms with E-state index in [1.165, 1.54) is 14.2 Å². The zero-order valence-corrected chi connectivity index (χ0v) is 7.20. The van der Waals surface area contributed by atoms with Crippen LogP contribution in [0.2, 0.25) is 0 Å². The highest BCUT2D eigenvalue weighted by Crippen LogP contribution is 2.04. The van der Waals surface area contributed by atoms with Gasteiger partial charge in [0.25, 0.3) is 0 Å². The molecule has 0 saturated heterocycles. The summed E-state index contributed by atoms with van der Waals surface area (Å²) >= 11 is 0. The summed E-state index contributed by atoms with van der Waals surface area (Å²) in [6, 6.07) is 0. The predicted octanol–water partition coefficient (Wildman–Crippen LogP) is -0.703. The van der Waals surface area contributed by atoms with Crippen molar-refractivity contribution in [2.24, 2.45) is 11.7 Å². The number of esters is 2. The van der Waals surface area contributed by atoms with Crippen molar-refractivity contribution in [3.63, 3.8) is 0 Å². The number of hydrogen-bond acceptors (Lipinski definition) is 5. The molecule has 0 amide bonds. The average Bonchev–Trinajstić information content (AvgIpc) is 2.12. The summed E-state index contributed by atoms with van der Waals surface area (Å²) in [5, 5.41) is 0. The minimum Gasteiger partial charge on any atom is -0.469 e. The van der Waals surface area contributed by atoms with Crippen molar-refractivity contribution < 1.29 is 19.1 Å². The van der Waals surface area contributed by atoms with Crippen LogP contribution >= 0.6 is 0 Å². The fourth-order valence-corrected chi connectivity index (χ4v) is 0.714. The normalized spacial score (nSPS) is 11.9. The fraction of sp³-hybridized carbons (Fsp3) is 0.714. The van der Waals surface area contributed by atoms with E-state index in [2.05, 4.69) is 9.47 Å². The molecule has 0 aromatic rings. The van der Waals surface area contributed by atoms with E-state index in [1.807, 2.05) is 0 Å². The molecule has 0 heterocycles. The third kappa shape index (κ3) is 3.34. The van der Waals surface area contributed by atoms with Crippen molar-refractivity contribution in [1.29, 1.82) is 0 Å². The minimum atomic E-state index is -0.595. The molecule has 70 valence electrons. The van der Waals surface area contributed by atoms with Gasteiger partial charge in [-0.2, -0.15) is 0 Å². The summed E-state index contributed by atoms with van der Waals surface area (Å²) in [5.41, 5.74) is 5.24. The Labute approximate surface area is 70.8 Å². The van der Waals surface area contributed by atoms with Crippen LogP contribution in [-0.2, 0) is 19.1 Å². The molecule has 0 aromatic carbocycles. The van der Waals surface area contributed by atoms with Crippen LogP contribution in [0.5, 0.6) is 0 Å². The van der Waals surface area contributed by atoms with Crippen LogP contribution in [0, 0.1) is 5.92 Å². The highest BCUT2D eigenvalue weighted by atomic mass is 16.5. The Kier molecular flexibility index (Phi) is 5.03. The van der Waals surface area contributed by atoms with Crippen molar-refractivity contribution in [1.82, 2.24) is 0 Å². The SMILES string of the molecule is COC(=O)C[C@H](CN)C(=O)OC. The molecule has 0 unspecified atom stereocenters. The first-order valence-electron chi connectivity index (χ1n) is 3.50. The minimum absolute atomic E-state index is 0.0281. The number of carbonyl (C=O) groups is 2. The molecule has 0 saturated carbocycles. The van der Waals surface area contributed by atoms with Crippen molar-refractivity contribution in [3.05, 3.63) is 0 Å². The van der Waals surface area contributed by atoms with Gasteiger partial charge in [-0.3, -0.25) is 9.59 Å². The highest BCUT2D eigenvalue weighted by Gasteiger charge is 2.21. The predicted molar refractivity (Wildman–Crippen MR) is 41.2 cm³/mol. The molecule has 12 heavy (non-hydrogen) atoms. The van der Waals surface area contributed by atoms with E-state index < -0.39 is 17.9 Å². The zero-order valence-electron chi connectivity index (χ0n) is 7.20. The standard InChI is InChI=1S/C7H13NO4/c1-11-6(9)3-5(4-8)7(10)12-2/h5H,3-4,8H2,1-2H3/t5-/m1/s1. The van der Waals surface area contributed by atoms with Crippen molar-refractivity contribution in [2.45, 2.75) is 6.42 Å². The van der Waals surface area contributed by atoms with Crippen LogP contribution < -0.4 is 5.73 Å².